The number of nitrogens with zero attached hydrogens (tertiary/aromatic N) is 1. The Morgan fingerprint density at radius 3 is 2.48 bits per heavy atom. The third kappa shape index (κ3) is 4.16. The molecule has 27 heavy (non-hydrogen) atoms. The van der Waals surface area contributed by atoms with Gasteiger partial charge in [-0.2, -0.15) is 4.31 Å². The second kappa shape index (κ2) is 7.98. The van der Waals surface area contributed by atoms with Gasteiger partial charge >= 0.3 is 5.97 Å². The van der Waals surface area contributed by atoms with E-state index in [4.69, 9.17) is 0 Å². The lowest BCUT2D eigenvalue weighted by atomic mass is 10.0. The van der Waals surface area contributed by atoms with Crippen molar-refractivity contribution >= 4 is 21.9 Å². The molecule has 1 amide bonds. The fourth-order valence-corrected chi connectivity index (χ4v) is 5.48. The molecule has 1 aromatic carbocycles. The number of benzene rings is 1. The minimum Gasteiger partial charge on any atom is -0.481 e. The quantitative estimate of drug-likeness (QED) is 0.796. The first-order chi connectivity index (χ1) is 12.8. The van der Waals surface area contributed by atoms with Gasteiger partial charge in [0.05, 0.1) is 10.8 Å². The van der Waals surface area contributed by atoms with Gasteiger partial charge in [0, 0.05) is 24.7 Å². The van der Waals surface area contributed by atoms with Crippen LogP contribution in [0.4, 0.5) is 0 Å². The van der Waals surface area contributed by atoms with Crippen molar-refractivity contribution in [3.8, 4) is 0 Å². The number of amides is 1. The maximum atomic E-state index is 12.9. The molecule has 0 unspecified atom stereocenters. The van der Waals surface area contributed by atoms with Gasteiger partial charge in [0.15, 0.2) is 0 Å². The Morgan fingerprint density at radius 1 is 1.11 bits per heavy atom. The fourth-order valence-electron chi connectivity index (χ4n) is 3.94. The summed E-state index contributed by atoms with van der Waals surface area (Å²) >= 11 is 0. The van der Waals surface area contributed by atoms with Gasteiger partial charge in [-0.3, -0.25) is 9.59 Å². The molecule has 1 aliphatic heterocycles. The van der Waals surface area contributed by atoms with Gasteiger partial charge in [-0.15, -0.1) is 0 Å². The maximum absolute atomic E-state index is 12.9. The zero-order chi connectivity index (χ0) is 19.6. The molecule has 2 atom stereocenters. The van der Waals surface area contributed by atoms with E-state index < -0.39 is 33.9 Å². The van der Waals surface area contributed by atoms with Crippen LogP contribution in [-0.4, -0.2) is 48.8 Å². The predicted molar refractivity (Wildman–Crippen MR) is 100 cm³/mol. The summed E-state index contributed by atoms with van der Waals surface area (Å²) in [6.07, 6.45) is 4.63. The number of piperidine rings is 1. The molecule has 2 N–H and O–H groups in total. The Labute approximate surface area is 159 Å². The van der Waals surface area contributed by atoms with Crippen LogP contribution >= 0.6 is 0 Å². The van der Waals surface area contributed by atoms with E-state index in [2.05, 4.69) is 5.32 Å². The Hall–Kier alpha value is -1.93. The molecule has 1 saturated heterocycles. The molecule has 2 fully saturated rings. The normalized spacial score (nSPS) is 23.9. The molecule has 8 heteroatoms. The summed E-state index contributed by atoms with van der Waals surface area (Å²) in [7, 11) is -3.63. The largest absolute Gasteiger partial charge is 0.481 e. The summed E-state index contributed by atoms with van der Waals surface area (Å²) in [5.74, 6) is -1.91. The zero-order valence-corrected chi connectivity index (χ0v) is 16.3. The molecular weight excluding hydrogens is 368 g/mol. The van der Waals surface area contributed by atoms with Crippen LogP contribution in [0.5, 0.6) is 0 Å². The molecule has 0 bridgehead atoms. The van der Waals surface area contributed by atoms with Crippen LogP contribution in [-0.2, 0) is 14.8 Å². The van der Waals surface area contributed by atoms with Gasteiger partial charge in [-0.05, 0) is 50.3 Å². The van der Waals surface area contributed by atoms with E-state index in [-0.39, 0.29) is 10.5 Å². The summed E-state index contributed by atoms with van der Waals surface area (Å²) in [5, 5.41) is 12.1. The smallest absolute Gasteiger partial charge is 0.308 e. The number of hydrogen-bond acceptors (Lipinski definition) is 4. The average molecular weight is 394 g/mol. The minimum atomic E-state index is -3.63. The number of sulfonamides is 1. The van der Waals surface area contributed by atoms with Crippen LogP contribution in [0.25, 0.3) is 0 Å². The number of aryl methyl sites for hydroxylation is 1. The fraction of sp³-hybridized carbons (Fsp3) is 0.579. The van der Waals surface area contributed by atoms with E-state index in [0.29, 0.717) is 31.5 Å². The molecule has 1 aromatic rings. The van der Waals surface area contributed by atoms with E-state index >= 15 is 0 Å². The number of carboxylic acids is 1. The van der Waals surface area contributed by atoms with Crippen molar-refractivity contribution in [2.24, 2.45) is 5.92 Å². The summed E-state index contributed by atoms with van der Waals surface area (Å²) in [4.78, 5) is 24.2. The maximum Gasteiger partial charge on any atom is 0.308 e. The highest BCUT2D eigenvalue weighted by Crippen LogP contribution is 2.27. The third-order valence-electron chi connectivity index (χ3n) is 5.56. The molecule has 1 heterocycles. The van der Waals surface area contributed by atoms with Crippen molar-refractivity contribution in [2.75, 3.05) is 13.1 Å². The molecule has 0 aromatic heterocycles. The Bertz CT molecular complexity index is 831. The van der Waals surface area contributed by atoms with Crippen molar-refractivity contribution in [3.05, 3.63) is 29.3 Å². The molecule has 3 rings (SSSR count). The number of rotatable bonds is 5. The SMILES string of the molecule is Cc1ccc(S(=O)(=O)N2CCCCC2)cc1C(=O)N[C@@H]1CCC[C@@H]1C(=O)O. The van der Waals surface area contributed by atoms with E-state index in [1.807, 2.05) is 0 Å². The molecule has 0 radical (unpaired) electrons. The van der Waals surface area contributed by atoms with E-state index in [0.717, 1.165) is 25.7 Å². The number of nitrogens with one attached hydrogen (secondary N) is 1. The highest BCUT2D eigenvalue weighted by Gasteiger charge is 2.34. The molecule has 1 aliphatic carbocycles. The summed E-state index contributed by atoms with van der Waals surface area (Å²) in [6, 6.07) is 4.16. The van der Waals surface area contributed by atoms with Crippen LogP contribution in [0, 0.1) is 12.8 Å². The number of carboxylic acid groups (broad SMARTS) is 1. The topological polar surface area (TPSA) is 104 Å². The lowest BCUT2D eigenvalue weighted by molar-refractivity contribution is -0.142. The van der Waals surface area contributed by atoms with Gasteiger partial charge in [-0.1, -0.05) is 18.9 Å². The minimum absolute atomic E-state index is 0.112. The molecule has 0 spiro atoms. The molecule has 1 saturated carbocycles. The Balaban J connectivity index is 1.82. The number of aliphatic carboxylic acids is 1. The first-order valence-corrected chi connectivity index (χ1v) is 10.9. The molecule has 2 aliphatic rings. The van der Waals surface area contributed by atoms with Gasteiger partial charge in [0.25, 0.3) is 5.91 Å². The monoisotopic (exact) mass is 394 g/mol. The van der Waals surface area contributed by atoms with E-state index in [1.54, 1.807) is 13.0 Å². The van der Waals surface area contributed by atoms with Crippen molar-refractivity contribution in [3.63, 3.8) is 0 Å². The second-order valence-corrected chi connectivity index (χ2v) is 9.33. The first-order valence-electron chi connectivity index (χ1n) is 9.45. The summed E-state index contributed by atoms with van der Waals surface area (Å²) in [5.41, 5.74) is 0.944. The van der Waals surface area contributed by atoms with Crippen LogP contribution in [0.2, 0.25) is 0 Å². The zero-order valence-electron chi connectivity index (χ0n) is 15.5. The number of carbonyl (C=O) groups is 2. The highest BCUT2D eigenvalue weighted by atomic mass is 32.2. The van der Waals surface area contributed by atoms with Crippen LogP contribution < -0.4 is 5.32 Å². The second-order valence-electron chi connectivity index (χ2n) is 7.40. The predicted octanol–water partition coefficient (Wildman–Crippen LogP) is 2.15. The third-order valence-corrected chi connectivity index (χ3v) is 7.45. The molecular formula is C19H26N2O5S. The Morgan fingerprint density at radius 2 is 1.81 bits per heavy atom. The van der Waals surface area contributed by atoms with Crippen molar-refractivity contribution < 1.29 is 23.1 Å². The molecule has 148 valence electrons. The van der Waals surface area contributed by atoms with Gasteiger partial charge in [-0.25, -0.2) is 8.42 Å². The lowest BCUT2D eigenvalue weighted by Gasteiger charge is -2.26. The van der Waals surface area contributed by atoms with Crippen LogP contribution in [0.15, 0.2) is 23.1 Å². The average Bonchev–Trinajstić information content (AvgIpc) is 3.11. The number of hydrogen-bond donors (Lipinski definition) is 2. The first kappa shape index (κ1) is 19.8. The van der Waals surface area contributed by atoms with Gasteiger partial charge < -0.3 is 10.4 Å². The molecule has 7 nitrogen and oxygen atoms in total. The van der Waals surface area contributed by atoms with E-state index in [9.17, 15) is 23.1 Å². The van der Waals surface area contributed by atoms with Gasteiger partial charge in [0.1, 0.15) is 0 Å². The van der Waals surface area contributed by atoms with Crippen LogP contribution in [0.1, 0.15) is 54.4 Å². The van der Waals surface area contributed by atoms with Crippen molar-refractivity contribution in [1.82, 2.24) is 9.62 Å². The van der Waals surface area contributed by atoms with Crippen molar-refractivity contribution in [1.29, 1.82) is 0 Å². The highest BCUT2D eigenvalue weighted by molar-refractivity contribution is 7.89. The summed E-state index contributed by atoms with van der Waals surface area (Å²) in [6.45, 7) is 2.75. The summed E-state index contributed by atoms with van der Waals surface area (Å²) < 4.78 is 27.2. The lowest BCUT2D eigenvalue weighted by Crippen LogP contribution is -2.40. The van der Waals surface area contributed by atoms with Crippen LogP contribution in [0.3, 0.4) is 0 Å². The van der Waals surface area contributed by atoms with E-state index in [1.165, 1.54) is 16.4 Å². The van der Waals surface area contributed by atoms with Crippen molar-refractivity contribution in [2.45, 2.75) is 56.4 Å². The van der Waals surface area contributed by atoms with Gasteiger partial charge in [0.2, 0.25) is 10.0 Å². The number of carbonyl (C=O) groups excluding carboxylic acids is 1. The standard InChI is InChI=1S/C19H26N2O5S/c1-13-8-9-14(27(25,26)21-10-3-2-4-11-21)12-16(13)18(22)20-17-7-5-6-15(17)19(23)24/h8-9,12,15,17H,2-7,10-11H2,1H3,(H,20,22)(H,23,24)/t15-,17+/m0/s1. The Kier molecular flexibility index (Phi) is 5.86.